The molecule has 0 radical (unpaired) electrons. The molecule has 9 aromatic rings. The molecule has 2 aliphatic rings. The van der Waals surface area contributed by atoms with E-state index in [-0.39, 0.29) is 5.41 Å². The van der Waals surface area contributed by atoms with Crippen molar-refractivity contribution in [3.63, 3.8) is 0 Å². The normalized spacial score (nSPS) is 13.1. The second-order valence-electron chi connectivity index (χ2n) is 14.1. The van der Waals surface area contributed by atoms with E-state index in [9.17, 15) is 0 Å². The number of hydrogen-bond acceptors (Lipinski definition) is 2. The van der Waals surface area contributed by atoms with Gasteiger partial charge in [0.15, 0.2) is 5.82 Å². The van der Waals surface area contributed by atoms with Crippen LogP contribution in [0.1, 0.15) is 22.3 Å². The molecule has 2 aliphatic carbocycles. The molecule has 1 heterocycles. The highest BCUT2D eigenvalue weighted by atomic mass is 14.9. The number of hydrogen-bond donors (Lipinski definition) is 0. The van der Waals surface area contributed by atoms with Crippen LogP contribution in [0.5, 0.6) is 0 Å². The highest BCUT2D eigenvalue weighted by Gasteiger charge is 2.51. The Balaban J connectivity index is 1.06. The molecule has 53 heavy (non-hydrogen) atoms. The van der Waals surface area contributed by atoms with Crippen molar-refractivity contribution in [2.75, 3.05) is 0 Å². The number of aromatic nitrogens is 2. The van der Waals surface area contributed by atoms with E-state index >= 15 is 0 Å². The maximum atomic E-state index is 5.16. The van der Waals surface area contributed by atoms with Gasteiger partial charge in [-0.2, -0.15) is 0 Å². The third-order valence-corrected chi connectivity index (χ3v) is 11.3. The van der Waals surface area contributed by atoms with Gasteiger partial charge in [0.05, 0.1) is 16.8 Å². The maximum Gasteiger partial charge on any atom is 0.160 e. The van der Waals surface area contributed by atoms with Crippen LogP contribution in [0.3, 0.4) is 0 Å². The van der Waals surface area contributed by atoms with Gasteiger partial charge >= 0.3 is 0 Å². The molecule has 0 saturated heterocycles. The van der Waals surface area contributed by atoms with Crippen molar-refractivity contribution < 1.29 is 0 Å². The quantitative estimate of drug-likeness (QED) is 0.186. The molecule has 0 atom stereocenters. The fourth-order valence-corrected chi connectivity index (χ4v) is 8.95. The third kappa shape index (κ3) is 4.46. The van der Waals surface area contributed by atoms with Crippen LogP contribution < -0.4 is 0 Å². The molecule has 0 saturated carbocycles. The van der Waals surface area contributed by atoms with E-state index in [0.29, 0.717) is 5.82 Å². The predicted molar refractivity (Wildman–Crippen MR) is 218 cm³/mol. The van der Waals surface area contributed by atoms with Crippen LogP contribution >= 0.6 is 0 Å². The Kier molecular flexibility index (Phi) is 6.50. The fraction of sp³-hybridized carbons (Fsp3) is 0.0196. The number of nitrogens with zero attached hydrogens (tertiary/aromatic N) is 2. The molecule has 0 amide bonds. The molecule has 11 rings (SSSR count). The molecule has 1 aromatic heterocycles. The zero-order valence-electron chi connectivity index (χ0n) is 28.9. The summed E-state index contributed by atoms with van der Waals surface area (Å²) in [6, 6.07) is 70.3. The SMILES string of the molecule is c1ccc(-c2nc(-c3cccc(-c4ccc5c(c4)-c4ccccc4C54c5ccccc5-c5ccccc54)c3)cc(-c3ccc4ccccc4c3)n2)cc1. The Morgan fingerprint density at radius 2 is 0.774 bits per heavy atom. The van der Waals surface area contributed by atoms with Gasteiger partial charge in [-0.3, -0.25) is 0 Å². The molecule has 8 aromatic carbocycles. The highest BCUT2D eigenvalue weighted by molar-refractivity contribution is 5.96. The second kappa shape index (κ2) is 11.6. The van der Waals surface area contributed by atoms with Crippen LogP contribution in [0.25, 0.3) is 78.1 Å². The lowest BCUT2D eigenvalue weighted by Gasteiger charge is -2.30. The monoisotopic (exact) mass is 672 g/mol. The second-order valence-corrected chi connectivity index (χ2v) is 14.1. The van der Waals surface area contributed by atoms with Gasteiger partial charge in [0.25, 0.3) is 0 Å². The van der Waals surface area contributed by atoms with Crippen molar-refractivity contribution in [1.29, 1.82) is 0 Å². The summed E-state index contributed by atoms with van der Waals surface area (Å²) in [5.41, 5.74) is 17.6. The van der Waals surface area contributed by atoms with E-state index in [1.807, 2.05) is 18.2 Å². The first-order valence-corrected chi connectivity index (χ1v) is 18.2. The van der Waals surface area contributed by atoms with Gasteiger partial charge < -0.3 is 0 Å². The molecule has 0 N–H and O–H groups in total. The summed E-state index contributed by atoms with van der Waals surface area (Å²) < 4.78 is 0. The lowest BCUT2D eigenvalue weighted by molar-refractivity contribution is 0.794. The number of benzene rings is 8. The van der Waals surface area contributed by atoms with Crippen LogP contribution in [-0.4, -0.2) is 9.97 Å². The highest BCUT2D eigenvalue weighted by Crippen LogP contribution is 2.62. The van der Waals surface area contributed by atoms with Gasteiger partial charge in [-0.15, -0.1) is 0 Å². The molecule has 0 aliphatic heterocycles. The third-order valence-electron chi connectivity index (χ3n) is 11.3. The first kappa shape index (κ1) is 29.8. The molecule has 2 nitrogen and oxygen atoms in total. The van der Waals surface area contributed by atoms with Gasteiger partial charge in [0.1, 0.15) is 0 Å². The van der Waals surface area contributed by atoms with Crippen molar-refractivity contribution >= 4 is 10.8 Å². The molecular formula is C51H32N2. The predicted octanol–water partition coefficient (Wildman–Crippen LogP) is 12.6. The summed E-state index contributed by atoms with van der Waals surface area (Å²) in [6.07, 6.45) is 0. The van der Waals surface area contributed by atoms with Crippen LogP contribution in [0.15, 0.2) is 194 Å². The van der Waals surface area contributed by atoms with Crippen LogP contribution in [0.4, 0.5) is 0 Å². The van der Waals surface area contributed by atoms with Crippen molar-refractivity contribution in [2.45, 2.75) is 5.41 Å². The van der Waals surface area contributed by atoms with E-state index in [2.05, 4.69) is 176 Å². The minimum absolute atomic E-state index is 0.340. The van der Waals surface area contributed by atoms with Crippen molar-refractivity contribution in [1.82, 2.24) is 9.97 Å². The Labute approximate surface area is 308 Å². The van der Waals surface area contributed by atoms with Crippen LogP contribution in [-0.2, 0) is 5.41 Å². The van der Waals surface area contributed by atoms with Crippen molar-refractivity contribution in [3.8, 4) is 67.3 Å². The first-order chi connectivity index (χ1) is 26.3. The molecule has 2 heteroatoms. The Hall–Kier alpha value is -6.90. The summed E-state index contributed by atoms with van der Waals surface area (Å²) in [5, 5.41) is 2.41. The molecular weight excluding hydrogens is 641 g/mol. The van der Waals surface area contributed by atoms with E-state index in [4.69, 9.17) is 9.97 Å². The van der Waals surface area contributed by atoms with Gasteiger partial charge in [-0.05, 0) is 90.7 Å². The summed E-state index contributed by atoms with van der Waals surface area (Å²) in [4.78, 5) is 10.3. The lowest BCUT2D eigenvalue weighted by Crippen LogP contribution is -2.25. The minimum Gasteiger partial charge on any atom is -0.228 e. The van der Waals surface area contributed by atoms with Crippen molar-refractivity contribution in [2.24, 2.45) is 0 Å². The largest absolute Gasteiger partial charge is 0.228 e. The van der Waals surface area contributed by atoms with Gasteiger partial charge in [0, 0.05) is 16.7 Å². The van der Waals surface area contributed by atoms with Crippen LogP contribution in [0.2, 0.25) is 0 Å². The molecule has 0 bridgehead atoms. The molecule has 0 unspecified atom stereocenters. The topological polar surface area (TPSA) is 25.8 Å². The lowest BCUT2D eigenvalue weighted by atomic mass is 9.70. The minimum atomic E-state index is -0.340. The summed E-state index contributed by atoms with van der Waals surface area (Å²) in [6.45, 7) is 0. The van der Waals surface area contributed by atoms with Gasteiger partial charge in [-0.1, -0.05) is 170 Å². The molecule has 246 valence electrons. The van der Waals surface area contributed by atoms with E-state index in [1.165, 1.54) is 60.8 Å². The zero-order valence-corrected chi connectivity index (χ0v) is 28.9. The number of rotatable bonds is 4. The smallest absolute Gasteiger partial charge is 0.160 e. The summed E-state index contributed by atoms with van der Waals surface area (Å²) >= 11 is 0. The van der Waals surface area contributed by atoms with E-state index < -0.39 is 0 Å². The first-order valence-electron chi connectivity index (χ1n) is 18.2. The Bertz CT molecular complexity index is 2860. The summed E-state index contributed by atoms with van der Waals surface area (Å²) in [5.74, 6) is 0.716. The average Bonchev–Trinajstić information content (AvgIpc) is 3.71. The summed E-state index contributed by atoms with van der Waals surface area (Å²) in [7, 11) is 0. The standard InChI is InChI=1S/C51H32N2/c1-2-14-34(15-3-1)50-52-48(32-49(53-50)39-26-25-33-13-4-5-16-35(33)29-39)38-18-12-17-36(30-38)37-27-28-47-43(31-37)42-21-8-11-24-46(42)51(47)44-22-9-6-19-40(44)41-20-7-10-23-45(41)51/h1-32H. The molecule has 1 spiro atoms. The van der Waals surface area contributed by atoms with Gasteiger partial charge in [0.2, 0.25) is 0 Å². The maximum absolute atomic E-state index is 5.16. The van der Waals surface area contributed by atoms with Crippen molar-refractivity contribution in [3.05, 3.63) is 216 Å². The van der Waals surface area contributed by atoms with Crippen LogP contribution in [0, 0.1) is 0 Å². The van der Waals surface area contributed by atoms with E-state index in [0.717, 1.165) is 33.6 Å². The molecule has 0 fully saturated rings. The Morgan fingerprint density at radius 1 is 0.283 bits per heavy atom. The van der Waals surface area contributed by atoms with E-state index in [1.54, 1.807) is 0 Å². The number of fused-ring (bicyclic) bond motifs is 11. The zero-order chi connectivity index (χ0) is 34.9. The van der Waals surface area contributed by atoms with Gasteiger partial charge in [-0.25, -0.2) is 9.97 Å². The Morgan fingerprint density at radius 3 is 1.47 bits per heavy atom. The fourth-order valence-electron chi connectivity index (χ4n) is 8.95. The average molecular weight is 673 g/mol.